The van der Waals surface area contributed by atoms with Crippen molar-refractivity contribution < 1.29 is 9.53 Å². The molecule has 0 saturated heterocycles. The number of para-hydroxylation sites is 2. The molecule has 0 aromatic heterocycles. The summed E-state index contributed by atoms with van der Waals surface area (Å²) in [5.74, 6) is 1.42. The summed E-state index contributed by atoms with van der Waals surface area (Å²) >= 11 is 0. The minimum atomic E-state index is -0.710. The number of nitrogens with two attached hydrogens (primary N) is 1. The number of ether oxygens (including phenoxy) is 1. The number of amides is 2. The summed E-state index contributed by atoms with van der Waals surface area (Å²) in [6.07, 6.45) is 1.48. The van der Waals surface area contributed by atoms with Crippen molar-refractivity contribution in [1.82, 2.24) is 5.43 Å². The van der Waals surface area contributed by atoms with Gasteiger partial charge in [0, 0.05) is 5.56 Å². The summed E-state index contributed by atoms with van der Waals surface area (Å²) in [6, 6.07) is 14.4. The van der Waals surface area contributed by atoms with Crippen LogP contribution in [0, 0.1) is 6.92 Å². The smallest absolute Gasteiger partial charge is 0.332 e. The van der Waals surface area contributed by atoms with Gasteiger partial charge in [0.25, 0.3) is 0 Å². The largest absolute Gasteiger partial charge is 0.456 e. The number of rotatable bonds is 4. The van der Waals surface area contributed by atoms with E-state index in [4.69, 9.17) is 10.5 Å². The van der Waals surface area contributed by atoms with Gasteiger partial charge in [-0.15, -0.1) is 0 Å². The molecular formula is C15H15N3O2. The van der Waals surface area contributed by atoms with Gasteiger partial charge >= 0.3 is 6.03 Å². The van der Waals surface area contributed by atoms with Gasteiger partial charge in [0.1, 0.15) is 11.5 Å². The number of hydrogen-bond acceptors (Lipinski definition) is 3. The van der Waals surface area contributed by atoms with Gasteiger partial charge in [0.05, 0.1) is 6.21 Å². The molecule has 0 heterocycles. The Morgan fingerprint density at radius 1 is 1.15 bits per heavy atom. The molecule has 20 heavy (non-hydrogen) atoms. The molecule has 5 nitrogen and oxygen atoms in total. The zero-order valence-electron chi connectivity index (χ0n) is 11.0. The first-order valence-corrected chi connectivity index (χ1v) is 6.08. The van der Waals surface area contributed by atoms with Gasteiger partial charge in [-0.25, -0.2) is 10.2 Å². The fraction of sp³-hybridized carbons (Fsp3) is 0.0667. The number of aryl methyl sites for hydroxylation is 1. The lowest BCUT2D eigenvalue weighted by molar-refractivity contribution is 0.249. The maximum absolute atomic E-state index is 10.6. The van der Waals surface area contributed by atoms with E-state index < -0.39 is 6.03 Å². The molecule has 0 spiro atoms. The Morgan fingerprint density at radius 2 is 1.80 bits per heavy atom. The summed E-state index contributed by atoms with van der Waals surface area (Å²) in [5, 5.41) is 3.74. The first-order valence-electron chi connectivity index (χ1n) is 6.08. The van der Waals surface area contributed by atoms with E-state index in [1.54, 1.807) is 0 Å². The molecule has 0 fully saturated rings. The van der Waals surface area contributed by atoms with Crippen molar-refractivity contribution >= 4 is 12.2 Å². The second-order valence-corrected chi connectivity index (χ2v) is 4.14. The van der Waals surface area contributed by atoms with Gasteiger partial charge in [-0.3, -0.25) is 0 Å². The number of benzene rings is 2. The van der Waals surface area contributed by atoms with E-state index in [1.807, 2.05) is 55.5 Å². The lowest BCUT2D eigenvalue weighted by Gasteiger charge is -2.10. The van der Waals surface area contributed by atoms with Crippen molar-refractivity contribution in [1.29, 1.82) is 0 Å². The molecule has 2 aromatic rings. The zero-order valence-corrected chi connectivity index (χ0v) is 11.0. The van der Waals surface area contributed by atoms with E-state index in [9.17, 15) is 4.79 Å². The second kappa shape index (κ2) is 6.38. The van der Waals surface area contributed by atoms with Crippen LogP contribution in [0.2, 0.25) is 0 Å². The number of primary amides is 1. The van der Waals surface area contributed by atoms with Crippen molar-refractivity contribution in [3.63, 3.8) is 0 Å². The van der Waals surface area contributed by atoms with Gasteiger partial charge in [-0.1, -0.05) is 30.3 Å². The van der Waals surface area contributed by atoms with Crippen LogP contribution >= 0.6 is 0 Å². The highest BCUT2D eigenvalue weighted by molar-refractivity contribution is 5.84. The van der Waals surface area contributed by atoms with Crippen LogP contribution in [-0.2, 0) is 0 Å². The Kier molecular flexibility index (Phi) is 4.34. The molecule has 0 aliphatic rings. The molecule has 0 aliphatic carbocycles. The van der Waals surface area contributed by atoms with Gasteiger partial charge in [-0.2, -0.15) is 5.10 Å². The normalized spacial score (nSPS) is 10.4. The van der Waals surface area contributed by atoms with Gasteiger partial charge in [0.15, 0.2) is 0 Å². The van der Waals surface area contributed by atoms with Crippen molar-refractivity contribution in [3.05, 3.63) is 59.7 Å². The molecule has 2 amide bonds. The predicted octanol–water partition coefficient (Wildman–Crippen LogP) is 2.79. The summed E-state index contributed by atoms with van der Waals surface area (Å²) in [7, 11) is 0. The van der Waals surface area contributed by atoms with E-state index in [0.29, 0.717) is 5.75 Å². The van der Waals surface area contributed by atoms with Crippen LogP contribution in [-0.4, -0.2) is 12.2 Å². The van der Waals surface area contributed by atoms with Gasteiger partial charge in [0.2, 0.25) is 0 Å². The molecule has 2 rings (SSSR count). The number of carbonyl (C=O) groups is 1. The average Bonchev–Trinajstić information content (AvgIpc) is 2.43. The standard InChI is InChI=1S/C15H15N3O2/c1-11-6-2-4-8-13(11)20-14-9-5-3-7-12(14)10-17-18-15(16)19/h2-10H,1H3,(H3,16,18,19)/b17-10-. The van der Waals surface area contributed by atoms with E-state index >= 15 is 0 Å². The van der Waals surface area contributed by atoms with Crippen molar-refractivity contribution in [2.45, 2.75) is 6.92 Å². The van der Waals surface area contributed by atoms with Crippen LogP contribution in [0.5, 0.6) is 11.5 Å². The van der Waals surface area contributed by atoms with Crippen LogP contribution < -0.4 is 15.9 Å². The SMILES string of the molecule is Cc1ccccc1Oc1ccccc1/C=N\NC(N)=O. The molecule has 0 aliphatic heterocycles. The van der Waals surface area contributed by atoms with Crippen LogP contribution in [0.1, 0.15) is 11.1 Å². The predicted molar refractivity (Wildman–Crippen MR) is 78.0 cm³/mol. The lowest BCUT2D eigenvalue weighted by Crippen LogP contribution is -2.24. The number of urea groups is 1. The number of nitrogens with one attached hydrogen (secondary N) is 1. The summed E-state index contributed by atoms with van der Waals surface area (Å²) in [6.45, 7) is 1.97. The number of nitrogens with zero attached hydrogens (tertiary/aromatic N) is 1. The Balaban J connectivity index is 2.22. The maximum Gasteiger partial charge on any atom is 0.332 e. The Morgan fingerprint density at radius 3 is 2.50 bits per heavy atom. The van der Waals surface area contributed by atoms with Crippen molar-refractivity contribution in [2.75, 3.05) is 0 Å². The molecule has 3 N–H and O–H groups in total. The first kappa shape index (κ1) is 13.6. The van der Waals surface area contributed by atoms with Crippen molar-refractivity contribution in [3.8, 4) is 11.5 Å². The van der Waals surface area contributed by atoms with Gasteiger partial charge in [-0.05, 0) is 30.7 Å². The van der Waals surface area contributed by atoms with Crippen LogP contribution in [0.15, 0.2) is 53.6 Å². The molecule has 0 radical (unpaired) electrons. The molecule has 2 aromatic carbocycles. The second-order valence-electron chi connectivity index (χ2n) is 4.14. The van der Waals surface area contributed by atoms with E-state index in [-0.39, 0.29) is 0 Å². The van der Waals surface area contributed by atoms with Crippen LogP contribution in [0.3, 0.4) is 0 Å². The van der Waals surface area contributed by atoms with E-state index in [2.05, 4.69) is 10.5 Å². The molecule has 0 bridgehead atoms. The summed E-state index contributed by atoms with van der Waals surface area (Å²) in [4.78, 5) is 10.6. The topological polar surface area (TPSA) is 76.7 Å². The lowest BCUT2D eigenvalue weighted by atomic mass is 10.2. The molecular weight excluding hydrogens is 254 g/mol. The Bertz CT molecular complexity index is 639. The third-order valence-electron chi connectivity index (χ3n) is 2.61. The van der Waals surface area contributed by atoms with Crippen LogP contribution in [0.25, 0.3) is 0 Å². The Labute approximate surface area is 117 Å². The summed E-state index contributed by atoms with van der Waals surface area (Å²) in [5.41, 5.74) is 8.87. The minimum Gasteiger partial charge on any atom is -0.456 e. The number of hydrogen-bond donors (Lipinski definition) is 2. The van der Waals surface area contributed by atoms with Gasteiger partial charge < -0.3 is 10.5 Å². The van der Waals surface area contributed by atoms with E-state index in [1.165, 1.54) is 6.21 Å². The highest BCUT2D eigenvalue weighted by atomic mass is 16.5. The summed E-state index contributed by atoms with van der Waals surface area (Å²) < 4.78 is 5.86. The first-order chi connectivity index (χ1) is 9.66. The molecule has 102 valence electrons. The molecule has 0 unspecified atom stereocenters. The molecule has 5 heteroatoms. The average molecular weight is 269 g/mol. The maximum atomic E-state index is 10.6. The van der Waals surface area contributed by atoms with E-state index in [0.717, 1.165) is 16.9 Å². The fourth-order valence-electron chi connectivity index (χ4n) is 1.63. The number of hydrazone groups is 1. The quantitative estimate of drug-likeness (QED) is 0.661. The monoisotopic (exact) mass is 269 g/mol. The molecule has 0 atom stereocenters. The fourth-order valence-corrected chi connectivity index (χ4v) is 1.63. The number of carbonyl (C=O) groups excluding carboxylic acids is 1. The third-order valence-corrected chi connectivity index (χ3v) is 2.61. The Hall–Kier alpha value is -2.82. The minimum absolute atomic E-state index is 0.650. The van der Waals surface area contributed by atoms with Crippen LogP contribution in [0.4, 0.5) is 4.79 Å². The van der Waals surface area contributed by atoms with Crippen molar-refractivity contribution in [2.24, 2.45) is 10.8 Å². The highest BCUT2D eigenvalue weighted by Crippen LogP contribution is 2.26. The molecule has 0 saturated carbocycles. The third kappa shape index (κ3) is 3.58. The zero-order chi connectivity index (χ0) is 14.4. The highest BCUT2D eigenvalue weighted by Gasteiger charge is 2.04.